The highest BCUT2D eigenvalue weighted by Gasteiger charge is 2.20. The van der Waals surface area contributed by atoms with E-state index in [9.17, 15) is 4.79 Å². The minimum Gasteiger partial charge on any atom is -0.341 e. The average molecular weight is 385 g/mol. The molecule has 2 heterocycles. The predicted octanol–water partition coefficient (Wildman–Crippen LogP) is 3.94. The van der Waals surface area contributed by atoms with Gasteiger partial charge in [-0.25, -0.2) is 9.78 Å². The number of pyridine rings is 1. The van der Waals surface area contributed by atoms with Crippen molar-refractivity contribution < 1.29 is 4.79 Å². The Labute approximate surface area is 169 Å². The third kappa shape index (κ3) is 4.11. The molecular weight excluding hydrogens is 362 g/mol. The second-order valence-electron chi connectivity index (χ2n) is 6.95. The highest BCUT2D eigenvalue weighted by atomic mass is 16.2. The molecule has 1 unspecified atom stereocenters. The topological polar surface area (TPSA) is 71.8 Å². The lowest BCUT2D eigenvalue weighted by atomic mass is 10.1. The predicted molar refractivity (Wildman–Crippen MR) is 114 cm³/mol. The molecule has 1 atom stereocenters. The molecule has 4 rings (SSSR count). The Kier molecular flexibility index (Phi) is 5.24. The monoisotopic (exact) mass is 385 g/mol. The van der Waals surface area contributed by atoms with Gasteiger partial charge in [0.15, 0.2) is 0 Å². The number of nitrogens with one attached hydrogen (secondary N) is 2. The molecule has 2 amide bonds. The van der Waals surface area contributed by atoms with E-state index in [0.717, 1.165) is 33.7 Å². The highest BCUT2D eigenvalue weighted by molar-refractivity contribution is 5.81. The van der Waals surface area contributed by atoms with Crippen LogP contribution in [-0.4, -0.2) is 27.6 Å². The number of aryl methyl sites for hydroxylation is 1. The molecule has 6 heteroatoms. The van der Waals surface area contributed by atoms with Crippen molar-refractivity contribution in [1.82, 2.24) is 25.2 Å². The number of hydrogen-bond donors (Lipinski definition) is 2. The number of fused-ring (bicyclic) bond motifs is 1. The lowest BCUT2D eigenvalue weighted by Gasteiger charge is -2.20. The van der Waals surface area contributed by atoms with Gasteiger partial charge < -0.3 is 15.2 Å². The Morgan fingerprint density at radius 1 is 1.10 bits per heavy atom. The average Bonchev–Trinajstić information content (AvgIpc) is 3.23. The molecule has 0 aliphatic heterocycles. The van der Waals surface area contributed by atoms with Crippen LogP contribution in [0.5, 0.6) is 0 Å². The molecule has 2 aromatic heterocycles. The van der Waals surface area contributed by atoms with Gasteiger partial charge >= 0.3 is 6.03 Å². The number of rotatable bonds is 5. The Balaban J connectivity index is 1.72. The van der Waals surface area contributed by atoms with E-state index in [4.69, 9.17) is 0 Å². The van der Waals surface area contributed by atoms with Gasteiger partial charge in [-0.05, 0) is 43.2 Å². The fourth-order valence-electron chi connectivity index (χ4n) is 3.44. The van der Waals surface area contributed by atoms with Gasteiger partial charge in [0.05, 0.1) is 11.6 Å². The van der Waals surface area contributed by atoms with Crippen LogP contribution in [0.25, 0.3) is 16.6 Å². The second-order valence-corrected chi connectivity index (χ2v) is 6.95. The van der Waals surface area contributed by atoms with Crippen LogP contribution in [0.1, 0.15) is 23.1 Å². The van der Waals surface area contributed by atoms with Crippen molar-refractivity contribution in [1.29, 1.82) is 0 Å². The normalized spacial score (nSPS) is 11.9. The first-order chi connectivity index (χ1) is 14.1. The van der Waals surface area contributed by atoms with Crippen molar-refractivity contribution >= 4 is 16.9 Å². The molecule has 29 heavy (non-hydrogen) atoms. The van der Waals surface area contributed by atoms with E-state index in [0.29, 0.717) is 6.42 Å². The summed E-state index contributed by atoms with van der Waals surface area (Å²) in [7, 11) is 1.61. The van der Waals surface area contributed by atoms with Crippen LogP contribution in [0.2, 0.25) is 0 Å². The Morgan fingerprint density at radius 2 is 1.93 bits per heavy atom. The van der Waals surface area contributed by atoms with Gasteiger partial charge in [-0.2, -0.15) is 0 Å². The number of hydrogen-bond acceptors (Lipinski definition) is 3. The van der Waals surface area contributed by atoms with Gasteiger partial charge in [0.25, 0.3) is 0 Å². The zero-order chi connectivity index (χ0) is 20.2. The van der Waals surface area contributed by atoms with Crippen molar-refractivity contribution in [3.8, 4) is 5.69 Å². The lowest BCUT2D eigenvalue weighted by molar-refractivity contribution is 0.238. The van der Waals surface area contributed by atoms with Crippen LogP contribution in [0, 0.1) is 6.92 Å². The Bertz CT molecular complexity index is 1140. The maximum Gasteiger partial charge on any atom is 0.315 e. The maximum absolute atomic E-state index is 12.1. The van der Waals surface area contributed by atoms with Crippen LogP contribution >= 0.6 is 0 Å². The van der Waals surface area contributed by atoms with Gasteiger partial charge in [-0.15, -0.1) is 0 Å². The molecule has 0 radical (unpaired) electrons. The van der Waals surface area contributed by atoms with Crippen LogP contribution in [-0.2, 0) is 6.42 Å². The fourth-order valence-corrected chi connectivity index (χ4v) is 3.44. The fraction of sp³-hybridized carbons (Fsp3) is 0.174. The van der Waals surface area contributed by atoms with E-state index < -0.39 is 0 Å². The number of urea groups is 1. The molecule has 0 spiro atoms. The third-order valence-electron chi connectivity index (χ3n) is 4.89. The van der Waals surface area contributed by atoms with Gasteiger partial charge in [-0.1, -0.05) is 36.4 Å². The van der Waals surface area contributed by atoms with E-state index in [2.05, 4.69) is 44.9 Å². The van der Waals surface area contributed by atoms with Crippen LogP contribution in [0.4, 0.5) is 4.79 Å². The summed E-state index contributed by atoms with van der Waals surface area (Å²) in [6, 6.07) is 19.8. The molecule has 2 N–H and O–H groups in total. The summed E-state index contributed by atoms with van der Waals surface area (Å²) >= 11 is 0. The minimum atomic E-state index is -0.279. The summed E-state index contributed by atoms with van der Waals surface area (Å²) in [5, 5.41) is 6.72. The molecule has 6 nitrogen and oxygen atoms in total. The number of imidazole rings is 1. The number of aromatic nitrogens is 3. The zero-order valence-electron chi connectivity index (χ0n) is 16.5. The first kappa shape index (κ1) is 18.7. The Morgan fingerprint density at radius 3 is 2.72 bits per heavy atom. The summed E-state index contributed by atoms with van der Waals surface area (Å²) < 4.78 is 2.02. The summed E-state index contributed by atoms with van der Waals surface area (Å²) in [5.74, 6) is 0.775. The number of carbonyl (C=O) groups is 1. The number of carbonyl (C=O) groups excluding carboxylic acids is 1. The van der Waals surface area contributed by atoms with Crippen LogP contribution in [0.15, 0.2) is 73.1 Å². The second kappa shape index (κ2) is 8.14. The van der Waals surface area contributed by atoms with Crippen molar-refractivity contribution in [2.75, 3.05) is 7.05 Å². The standard InChI is InChI=1S/C23H23N5O/c1-16-8-9-18-15-19(10-11-20(18)26-16)28-13-12-25-22(28)21(27-23(29)24-2)14-17-6-4-3-5-7-17/h3-13,15,21H,14H2,1-2H3,(H2,24,27,29). The molecule has 4 aromatic rings. The maximum atomic E-state index is 12.1. The quantitative estimate of drug-likeness (QED) is 0.547. The van der Waals surface area contributed by atoms with Crippen molar-refractivity contribution in [3.63, 3.8) is 0 Å². The smallest absolute Gasteiger partial charge is 0.315 e. The van der Waals surface area contributed by atoms with Crippen molar-refractivity contribution in [3.05, 3.63) is 90.1 Å². The van der Waals surface area contributed by atoms with Crippen LogP contribution in [0.3, 0.4) is 0 Å². The molecule has 0 saturated heterocycles. The van der Waals surface area contributed by atoms with E-state index >= 15 is 0 Å². The lowest BCUT2D eigenvalue weighted by Crippen LogP contribution is -2.37. The largest absolute Gasteiger partial charge is 0.341 e. The first-order valence-corrected chi connectivity index (χ1v) is 9.57. The summed E-state index contributed by atoms with van der Waals surface area (Å²) in [4.78, 5) is 21.2. The zero-order valence-corrected chi connectivity index (χ0v) is 16.5. The molecule has 0 saturated carbocycles. The van der Waals surface area contributed by atoms with Crippen LogP contribution < -0.4 is 10.6 Å². The molecule has 146 valence electrons. The van der Waals surface area contributed by atoms with E-state index in [1.165, 1.54) is 0 Å². The molecule has 0 bridgehead atoms. The van der Waals surface area contributed by atoms with Gasteiger partial charge in [0, 0.05) is 36.2 Å². The highest BCUT2D eigenvalue weighted by Crippen LogP contribution is 2.23. The summed E-state index contributed by atoms with van der Waals surface area (Å²) in [5.41, 5.74) is 4.06. The minimum absolute atomic E-state index is 0.237. The SMILES string of the molecule is CNC(=O)NC(Cc1ccccc1)c1nccn1-c1ccc2nc(C)ccc2c1. The van der Waals surface area contributed by atoms with Crippen molar-refractivity contribution in [2.24, 2.45) is 0 Å². The first-order valence-electron chi connectivity index (χ1n) is 9.57. The summed E-state index contributed by atoms with van der Waals surface area (Å²) in [6.45, 7) is 1.99. The number of nitrogens with zero attached hydrogens (tertiary/aromatic N) is 3. The van der Waals surface area contributed by atoms with Gasteiger partial charge in [-0.3, -0.25) is 4.98 Å². The van der Waals surface area contributed by atoms with E-state index in [-0.39, 0.29) is 12.1 Å². The van der Waals surface area contributed by atoms with E-state index in [1.54, 1.807) is 13.2 Å². The molecule has 2 aromatic carbocycles. The Hall–Kier alpha value is -3.67. The van der Waals surface area contributed by atoms with Crippen molar-refractivity contribution in [2.45, 2.75) is 19.4 Å². The summed E-state index contributed by atoms with van der Waals surface area (Å²) in [6.07, 6.45) is 4.32. The van der Waals surface area contributed by atoms with Gasteiger partial charge in [0.1, 0.15) is 5.82 Å². The van der Waals surface area contributed by atoms with Gasteiger partial charge in [0.2, 0.25) is 0 Å². The molecule has 0 aliphatic carbocycles. The van der Waals surface area contributed by atoms with E-state index in [1.807, 2.05) is 54.1 Å². The molecule has 0 fully saturated rings. The molecule has 0 aliphatic rings. The number of amides is 2. The third-order valence-corrected chi connectivity index (χ3v) is 4.89. The number of benzene rings is 2. The molecular formula is C23H23N5O.